The Balaban J connectivity index is 1.66. The molecule has 0 aliphatic carbocycles. The Morgan fingerprint density at radius 2 is 2.21 bits per heavy atom. The Labute approximate surface area is 163 Å². The smallest absolute Gasteiger partial charge is 0.318 e. The summed E-state index contributed by atoms with van der Waals surface area (Å²) in [5.74, 6) is 0.642. The molecule has 4 aromatic rings. The summed E-state index contributed by atoms with van der Waals surface area (Å²) in [7, 11) is 0. The van der Waals surface area contributed by atoms with Gasteiger partial charge in [0.25, 0.3) is 5.91 Å². The minimum absolute atomic E-state index is 0.189. The number of hydrogen-bond donors (Lipinski definition) is 2. The van der Waals surface area contributed by atoms with Crippen molar-refractivity contribution in [2.45, 2.75) is 19.9 Å². The zero-order valence-electron chi connectivity index (χ0n) is 15.1. The first-order valence-electron chi connectivity index (χ1n) is 8.60. The molecule has 4 aromatic heterocycles. The normalized spacial score (nSPS) is 11.2. The molecule has 1 amide bonds. The van der Waals surface area contributed by atoms with Crippen LogP contribution in [0.3, 0.4) is 0 Å². The van der Waals surface area contributed by atoms with Crippen LogP contribution in [0.5, 0.6) is 6.01 Å². The van der Waals surface area contributed by atoms with E-state index in [1.54, 1.807) is 12.3 Å². The number of hydrogen-bond acceptors (Lipinski definition) is 8. The van der Waals surface area contributed by atoms with E-state index in [-0.39, 0.29) is 16.6 Å². The molecule has 0 aliphatic rings. The second kappa shape index (κ2) is 7.31. The quantitative estimate of drug-likeness (QED) is 0.457. The van der Waals surface area contributed by atoms with Gasteiger partial charge in [-0.3, -0.25) is 9.48 Å². The average Bonchev–Trinajstić information content (AvgIpc) is 3.39. The SMILES string of the molecule is Cc1ccc(-c2nc(OCCCn3cccn3)nc3sc(C(N)=O)c(N)c23)o1. The fourth-order valence-corrected chi connectivity index (χ4v) is 3.75. The van der Waals surface area contributed by atoms with Crippen molar-refractivity contribution in [1.82, 2.24) is 19.7 Å². The molecule has 0 aromatic carbocycles. The van der Waals surface area contributed by atoms with Crippen LogP contribution in [-0.2, 0) is 6.54 Å². The molecule has 4 rings (SSSR count). The van der Waals surface area contributed by atoms with Crippen LogP contribution < -0.4 is 16.2 Å². The molecule has 0 atom stereocenters. The van der Waals surface area contributed by atoms with Gasteiger partial charge in [-0.1, -0.05) is 0 Å². The minimum Gasteiger partial charge on any atom is -0.463 e. The fourth-order valence-electron chi connectivity index (χ4n) is 2.81. The van der Waals surface area contributed by atoms with Gasteiger partial charge in [0.05, 0.1) is 17.7 Å². The number of aromatic nitrogens is 4. The highest BCUT2D eigenvalue weighted by Gasteiger charge is 2.22. The maximum atomic E-state index is 11.7. The van der Waals surface area contributed by atoms with Gasteiger partial charge in [0.2, 0.25) is 0 Å². The molecular formula is C18H18N6O3S. The number of furan rings is 1. The first-order chi connectivity index (χ1) is 13.5. The van der Waals surface area contributed by atoms with Crippen molar-refractivity contribution in [3.63, 3.8) is 0 Å². The van der Waals surface area contributed by atoms with Gasteiger partial charge in [0.15, 0.2) is 5.76 Å². The van der Waals surface area contributed by atoms with Gasteiger partial charge >= 0.3 is 6.01 Å². The van der Waals surface area contributed by atoms with E-state index in [4.69, 9.17) is 20.6 Å². The van der Waals surface area contributed by atoms with E-state index in [1.807, 2.05) is 29.9 Å². The van der Waals surface area contributed by atoms with Crippen LogP contribution in [-0.4, -0.2) is 32.3 Å². The van der Waals surface area contributed by atoms with Crippen molar-refractivity contribution >= 4 is 33.1 Å². The van der Waals surface area contributed by atoms with E-state index in [1.165, 1.54) is 0 Å². The van der Waals surface area contributed by atoms with Crippen LogP contribution in [0.25, 0.3) is 21.7 Å². The maximum absolute atomic E-state index is 11.7. The predicted molar refractivity (Wildman–Crippen MR) is 105 cm³/mol. The number of primary amides is 1. The van der Waals surface area contributed by atoms with Crippen LogP contribution in [0, 0.1) is 6.92 Å². The second-order valence-electron chi connectivity index (χ2n) is 6.13. The number of rotatable bonds is 7. The number of fused-ring (bicyclic) bond motifs is 1. The summed E-state index contributed by atoms with van der Waals surface area (Å²) >= 11 is 1.11. The lowest BCUT2D eigenvalue weighted by Gasteiger charge is -2.07. The molecule has 0 spiro atoms. The van der Waals surface area contributed by atoms with Crippen molar-refractivity contribution in [2.24, 2.45) is 5.73 Å². The third-order valence-electron chi connectivity index (χ3n) is 4.09. The van der Waals surface area contributed by atoms with Gasteiger partial charge < -0.3 is 20.6 Å². The molecule has 0 saturated heterocycles. The molecule has 28 heavy (non-hydrogen) atoms. The van der Waals surface area contributed by atoms with Crippen LogP contribution in [0.4, 0.5) is 5.69 Å². The van der Waals surface area contributed by atoms with Crippen LogP contribution >= 0.6 is 11.3 Å². The molecule has 0 radical (unpaired) electrons. The van der Waals surface area contributed by atoms with Gasteiger partial charge in [-0.25, -0.2) is 0 Å². The number of anilines is 1. The van der Waals surface area contributed by atoms with Gasteiger partial charge in [0.1, 0.15) is 21.2 Å². The third-order valence-corrected chi connectivity index (χ3v) is 5.20. The van der Waals surface area contributed by atoms with Crippen molar-refractivity contribution in [1.29, 1.82) is 0 Å². The topological polar surface area (TPSA) is 135 Å². The number of nitrogens with two attached hydrogens (primary N) is 2. The molecule has 0 fully saturated rings. The summed E-state index contributed by atoms with van der Waals surface area (Å²) in [6, 6.07) is 5.67. The molecule has 0 bridgehead atoms. The molecule has 0 unspecified atom stereocenters. The van der Waals surface area contributed by atoms with Gasteiger partial charge in [-0.2, -0.15) is 15.1 Å². The van der Waals surface area contributed by atoms with Gasteiger partial charge in [-0.05, 0) is 25.1 Å². The number of thiophene rings is 1. The van der Waals surface area contributed by atoms with Crippen molar-refractivity contribution in [2.75, 3.05) is 12.3 Å². The number of nitrogen functional groups attached to an aromatic ring is 1. The average molecular weight is 398 g/mol. The lowest BCUT2D eigenvalue weighted by Crippen LogP contribution is -2.10. The molecule has 144 valence electrons. The lowest BCUT2D eigenvalue weighted by molar-refractivity contribution is 0.100. The Hall–Kier alpha value is -3.40. The Morgan fingerprint density at radius 1 is 1.36 bits per heavy atom. The van der Waals surface area contributed by atoms with E-state index >= 15 is 0 Å². The lowest BCUT2D eigenvalue weighted by atomic mass is 10.2. The molecule has 4 heterocycles. The standard InChI is InChI=1S/C18H18N6O3S/c1-10-4-5-11(27-10)14-12-13(19)15(16(20)25)28-17(12)23-18(22-14)26-9-3-8-24-7-2-6-21-24/h2,4-7H,3,8-9,19H2,1H3,(H2,20,25). The Kier molecular flexibility index (Phi) is 4.70. The fraction of sp³-hybridized carbons (Fsp3) is 0.222. The summed E-state index contributed by atoms with van der Waals surface area (Å²) < 4.78 is 13.3. The maximum Gasteiger partial charge on any atom is 0.318 e. The van der Waals surface area contributed by atoms with Crippen LogP contribution in [0.1, 0.15) is 21.9 Å². The van der Waals surface area contributed by atoms with E-state index in [0.29, 0.717) is 28.3 Å². The number of amides is 1. The highest BCUT2D eigenvalue weighted by atomic mass is 32.1. The van der Waals surface area contributed by atoms with E-state index in [2.05, 4.69) is 15.1 Å². The van der Waals surface area contributed by atoms with E-state index in [9.17, 15) is 4.79 Å². The molecule has 0 aliphatic heterocycles. The molecule has 10 heteroatoms. The Morgan fingerprint density at radius 3 is 2.89 bits per heavy atom. The van der Waals surface area contributed by atoms with Gasteiger partial charge in [0, 0.05) is 25.4 Å². The minimum atomic E-state index is -0.608. The highest BCUT2D eigenvalue weighted by Crippen LogP contribution is 2.39. The number of aryl methyl sites for hydroxylation is 2. The third kappa shape index (κ3) is 3.41. The number of carbonyl (C=O) groups excluding carboxylic acids is 1. The van der Waals surface area contributed by atoms with Gasteiger partial charge in [-0.15, -0.1) is 11.3 Å². The zero-order valence-corrected chi connectivity index (χ0v) is 15.9. The van der Waals surface area contributed by atoms with Crippen molar-refractivity contribution in [3.05, 3.63) is 41.2 Å². The zero-order chi connectivity index (χ0) is 19.7. The summed E-state index contributed by atoms with van der Waals surface area (Å²) in [6.07, 6.45) is 4.35. The first-order valence-corrected chi connectivity index (χ1v) is 9.41. The number of ether oxygens (including phenoxy) is 1. The number of nitrogens with zero attached hydrogens (tertiary/aromatic N) is 4. The monoisotopic (exact) mass is 398 g/mol. The predicted octanol–water partition coefficient (Wildman–Crippen LogP) is 2.61. The largest absolute Gasteiger partial charge is 0.463 e. The highest BCUT2D eigenvalue weighted by molar-refractivity contribution is 7.21. The van der Waals surface area contributed by atoms with Crippen molar-refractivity contribution in [3.8, 4) is 17.5 Å². The molecular weight excluding hydrogens is 380 g/mol. The van der Waals surface area contributed by atoms with Crippen molar-refractivity contribution < 1.29 is 13.9 Å². The molecule has 4 N–H and O–H groups in total. The van der Waals surface area contributed by atoms with E-state index < -0.39 is 5.91 Å². The summed E-state index contributed by atoms with van der Waals surface area (Å²) in [4.78, 5) is 21.3. The second-order valence-corrected chi connectivity index (χ2v) is 7.12. The summed E-state index contributed by atoms with van der Waals surface area (Å²) in [5, 5.41) is 4.69. The summed E-state index contributed by atoms with van der Waals surface area (Å²) in [6.45, 7) is 2.96. The summed E-state index contributed by atoms with van der Waals surface area (Å²) in [5.41, 5.74) is 12.3. The molecule has 0 saturated carbocycles. The van der Waals surface area contributed by atoms with Crippen LogP contribution in [0.2, 0.25) is 0 Å². The van der Waals surface area contributed by atoms with Crippen LogP contribution in [0.15, 0.2) is 35.0 Å². The molecule has 9 nitrogen and oxygen atoms in total. The number of carbonyl (C=O) groups is 1. The Bertz CT molecular complexity index is 1130. The first kappa shape index (κ1) is 18.0. The van der Waals surface area contributed by atoms with E-state index in [0.717, 1.165) is 30.1 Å².